The average Bonchev–Trinajstić information content (AvgIpc) is 3.34. The molecular weight excluding hydrogens is 433 g/mol. The Bertz CT molecular complexity index is 1080. The Morgan fingerprint density at radius 3 is 2.85 bits per heavy atom. The molecule has 3 atom stereocenters. The Balaban J connectivity index is 1.44. The summed E-state index contributed by atoms with van der Waals surface area (Å²) in [6.07, 6.45) is 8.53. The van der Waals surface area contributed by atoms with Gasteiger partial charge in [0.15, 0.2) is 22.6 Å². The number of nitrogens with two attached hydrogens (primary N) is 1. The van der Waals surface area contributed by atoms with Crippen LogP contribution in [-0.2, 0) is 14.2 Å². The van der Waals surface area contributed by atoms with Crippen LogP contribution in [-0.4, -0.2) is 54.7 Å². The molecule has 0 amide bonds. The Morgan fingerprint density at radius 2 is 2.15 bits per heavy atom. The smallest absolute Gasteiger partial charge is 0.430 e. The van der Waals surface area contributed by atoms with E-state index in [0.717, 1.165) is 25.7 Å². The van der Waals surface area contributed by atoms with Crippen LogP contribution in [0.1, 0.15) is 58.6 Å². The van der Waals surface area contributed by atoms with Gasteiger partial charge in [-0.05, 0) is 32.6 Å². The molecule has 3 heterocycles. The molecule has 0 radical (unpaired) electrons. The van der Waals surface area contributed by atoms with Crippen molar-refractivity contribution in [1.82, 2.24) is 19.5 Å². The molecule has 0 aromatic carbocycles. The van der Waals surface area contributed by atoms with Crippen molar-refractivity contribution in [1.29, 1.82) is 0 Å². The molecule has 2 fully saturated rings. The second kappa shape index (κ2) is 8.76. The summed E-state index contributed by atoms with van der Waals surface area (Å²) in [5.74, 6) is 2.53. The minimum Gasteiger partial charge on any atom is -0.430 e. The summed E-state index contributed by atoms with van der Waals surface area (Å²) in [6, 6.07) is 0. The molecular formula is C22H28FN5O5. The molecule has 0 bridgehead atoms. The second-order valence-electron chi connectivity index (χ2n) is 9.14. The lowest BCUT2D eigenvalue weighted by molar-refractivity contribution is -0.111. The maximum absolute atomic E-state index is 13.7. The van der Waals surface area contributed by atoms with E-state index < -0.39 is 42.4 Å². The van der Waals surface area contributed by atoms with Crippen molar-refractivity contribution < 1.29 is 28.5 Å². The van der Waals surface area contributed by atoms with E-state index in [0.29, 0.717) is 0 Å². The number of imidazole rings is 1. The standard InChI is InChI=1S/C22H28FN5O5/c1-4-22(11-31-20(30)33-21(2,3)13-8-6-5-7-9-13)14(29)10-15(32-22)28-12-25-16-17(24)26-19(23)27-18(16)28/h1,12-15,29H,5-11H2,2-3H3,(H2,24,26,27)/t14-,15+,22+/m0/s1. The first-order valence-electron chi connectivity index (χ1n) is 11.0. The number of anilines is 1. The number of terminal acetylenes is 1. The highest BCUT2D eigenvalue weighted by molar-refractivity contribution is 5.81. The molecule has 33 heavy (non-hydrogen) atoms. The first-order chi connectivity index (χ1) is 15.6. The lowest BCUT2D eigenvalue weighted by Crippen LogP contribution is -2.44. The summed E-state index contributed by atoms with van der Waals surface area (Å²) in [5, 5.41) is 10.7. The van der Waals surface area contributed by atoms with Crippen molar-refractivity contribution in [3.05, 3.63) is 12.4 Å². The van der Waals surface area contributed by atoms with Gasteiger partial charge < -0.3 is 25.1 Å². The van der Waals surface area contributed by atoms with Crippen LogP contribution < -0.4 is 5.73 Å². The molecule has 4 rings (SSSR count). The number of hydrogen-bond donors (Lipinski definition) is 2. The van der Waals surface area contributed by atoms with Crippen LogP contribution in [0.4, 0.5) is 15.0 Å². The number of hydrogen-bond acceptors (Lipinski definition) is 9. The lowest BCUT2D eigenvalue weighted by Gasteiger charge is -2.36. The van der Waals surface area contributed by atoms with Gasteiger partial charge in [-0.2, -0.15) is 14.4 Å². The van der Waals surface area contributed by atoms with Crippen LogP contribution in [0.15, 0.2) is 6.33 Å². The fraction of sp³-hybridized carbons (Fsp3) is 0.636. The minimum absolute atomic E-state index is 0.0349. The predicted molar refractivity (Wildman–Crippen MR) is 115 cm³/mol. The Hall–Kier alpha value is -2.97. The number of carbonyl (C=O) groups is 1. The number of nitrogen functional groups attached to an aromatic ring is 1. The van der Waals surface area contributed by atoms with Gasteiger partial charge in [-0.1, -0.05) is 25.2 Å². The molecule has 2 aromatic heterocycles. The Labute approximate surface area is 190 Å². The fourth-order valence-electron chi connectivity index (χ4n) is 4.64. The maximum atomic E-state index is 13.7. The van der Waals surface area contributed by atoms with Crippen LogP contribution in [0.3, 0.4) is 0 Å². The molecule has 1 saturated carbocycles. The first kappa shape index (κ1) is 23.2. The number of ether oxygens (including phenoxy) is 3. The topological polar surface area (TPSA) is 135 Å². The van der Waals surface area contributed by atoms with Crippen molar-refractivity contribution in [3.63, 3.8) is 0 Å². The third-order valence-electron chi connectivity index (χ3n) is 6.62. The van der Waals surface area contributed by atoms with E-state index in [1.54, 1.807) is 0 Å². The van der Waals surface area contributed by atoms with Crippen molar-refractivity contribution in [2.45, 2.75) is 75.9 Å². The van der Waals surface area contributed by atoms with E-state index in [1.807, 2.05) is 13.8 Å². The monoisotopic (exact) mass is 461 g/mol. The zero-order valence-corrected chi connectivity index (χ0v) is 18.7. The second-order valence-corrected chi connectivity index (χ2v) is 9.14. The van der Waals surface area contributed by atoms with Crippen LogP contribution in [0, 0.1) is 24.3 Å². The van der Waals surface area contributed by atoms with E-state index in [-0.39, 0.29) is 29.3 Å². The van der Waals surface area contributed by atoms with Crippen LogP contribution in [0.25, 0.3) is 11.2 Å². The molecule has 2 aromatic rings. The zero-order valence-electron chi connectivity index (χ0n) is 18.7. The fourth-order valence-corrected chi connectivity index (χ4v) is 4.64. The van der Waals surface area contributed by atoms with E-state index >= 15 is 0 Å². The van der Waals surface area contributed by atoms with Gasteiger partial charge in [-0.25, -0.2) is 9.78 Å². The summed E-state index contributed by atoms with van der Waals surface area (Å²) in [5.41, 5.74) is 3.69. The summed E-state index contributed by atoms with van der Waals surface area (Å²) in [7, 11) is 0. The minimum atomic E-state index is -1.62. The molecule has 0 unspecified atom stereocenters. The molecule has 1 aliphatic heterocycles. The molecule has 11 heteroatoms. The number of fused-ring (bicyclic) bond motifs is 1. The summed E-state index contributed by atoms with van der Waals surface area (Å²) < 4.78 is 31.9. The molecule has 3 N–H and O–H groups in total. The SMILES string of the molecule is C#C[C@]1(COC(=O)OC(C)(C)C2CCCCC2)O[C@@H](n2cnc3c(N)nc(F)nc32)C[C@@H]1O. The van der Waals surface area contributed by atoms with Crippen molar-refractivity contribution >= 4 is 23.1 Å². The van der Waals surface area contributed by atoms with Gasteiger partial charge in [0.1, 0.15) is 24.5 Å². The van der Waals surface area contributed by atoms with Gasteiger partial charge in [-0.15, -0.1) is 6.42 Å². The van der Waals surface area contributed by atoms with Crippen LogP contribution >= 0.6 is 0 Å². The molecule has 1 saturated heterocycles. The highest BCUT2D eigenvalue weighted by atomic mass is 19.1. The number of rotatable bonds is 5. The van der Waals surface area contributed by atoms with Gasteiger partial charge in [0, 0.05) is 6.42 Å². The first-order valence-corrected chi connectivity index (χ1v) is 11.0. The Kier molecular flexibility index (Phi) is 6.16. The number of aliphatic hydroxyl groups excluding tert-OH is 1. The largest absolute Gasteiger partial charge is 0.508 e. The number of aromatic nitrogens is 4. The molecule has 0 spiro atoms. The zero-order chi connectivity index (χ0) is 23.8. The number of aliphatic hydroxyl groups is 1. The van der Waals surface area contributed by atoms with E-state index in [4.69, 9.17) is 26.4 Å². The highest BCUT2D eigenvalue weighted by Gasteiger charge is 2.49. The van der Waals surface area contributed by atoms with Crippen molar-refractivity contribution in [3.8, 4) is 12.3 Å². The van der Waals surface area contributed by atoms with Crippen molar-refractivity contribution in [2.24, 2.45) is 5.92 Å². The van der Waals surface area contributed by atoms with Gasteiger partial charge in [0.05, 0.1) is 6.33 Å². The number of nitrogens with zero attached hydrogens (tertiary/aromatic N) is 4. The van der Waals surface area contributed by atoms with Crippen molar-refractivity contribution in [2.75, 3.05) is 12.3 Å². The summed E-state index contributed by atoms with van der Waals surface area (Å²) in [6.45, 7) is 3.32. The van der Waals surface area contributed by atoms with E-state index in [2.05, 4.69) is 20.9 Å². The summed E-state index contributed by atoms with van der Waals surface area (Å²) >= 11 is 0. The van der Waals surface area contributed by atoms with E-state index in [1.165, 1.54) is 17.3 Å². The average molecular weight is 461 g/mol. The number of carbonyl (C=O) groups excluding carboxylic acids is 1. The Morgan fingerprint density at radius 1 is 1.42 bits per heavy atom. The summed E-state index contributed by atoms with van der Waals surface area (Å²) in [4.78, 5) is 23.7. The predicted octanol–water partition coefficient (Wildman–Crippen LogP) is 2.71. The molecule has 1 aliphatic carbocycles. The van der Waals surface area contributed by atoms with Gasteiger partial charge in [-0.3, -0.25) is 4.57 Å². The third-order valence-corrected chi connectivity index (χ3v) is 6.62. The normalized spacial score (nSPS) is 26.3. The number of halogens is 1. The maximum Gasteiger partial charge on any atom is 0.508 e. The van der Waals surface area contributed by atoms with Gasteiger partial charge in [0.2, 0.25) is 0 Å². The molecule has 2 aliphatic rings. The quantitative estimate of drug-likeness (QED) is 0.391. The lowest BCUT2D eigenvalue weighted by atomic mass is 9.79. The molecule has 10 nitrogen and oxygen atoms in total. The molecule has 178 valence electrons. The van der Waals surface area contributed by atoms with E-state index in [9.17, 15) is 14.3 Å². The van der Waals surface area contributed by atoms with Gasteiger partial charge >= 0.3 is 12.2 Å². The third kappa shape index (κ3) is 4.45. The van der Waals surface area contributed by atoms with Crippen LogP contribution in [0.2, 0.25) is 0 Å². The van der Waals surface area contributed by atoms with Gasteiger partial charge in [0.25, 0.3) is 0 Å². The highest BCUT2D eigenvalue weighted by Crippen LogP contribution is 2.39. The van der Waals surface area contributed by atoms with Crippen LogP contribution in [0.5, 0.6) is 0 Å².